The summed E-state index contributed by atoms with van der Waals surface area (Å²) in [6, 6.07) is 7.87. The molecule has 2 N–H and O–H groups in total. The molecule has 0 aliphatic carbocycles. The highest BCUT2D eigenvalue weighted by molar-refractivity contribution is 5.29. The molecule has 2 rings (SSSR count). The van der Waals surface area contributed by atoms with Crippen LogP contribution in [0.4, 0.5) is 0 Å². The van der Waals surface area contributed by atoms with Crippen molar-refractivity contribution in [2.24, 2.45) is 5.73 Å². The standard InChI is InChI=1S/C15H21N3O2/c1-4-13(16)11-5-7-12(8-6-11)19-9-14-17-15(10(2)3)20-18-14/h5-8,10,13H,4,9,16H2,1-3H3/t13-/m1/s1. The number of nitrogens with two attached hydrogens (primary N) is 1. The van der Waals surface area contributed by atoms with Crippen LogP contribution in [0.1, 0.15) is 56.4 Å². The van der Waals surface area contributed by atoms with E-state index in [1.807, 2.05) is 38.1 Å². The van der Waals surface area contributed by atoms with E-state index in [4.69, 9.17) is 15.0 Å². The summed E-state index contributed by atoms with van der Waals surface area (Å²) in [6.45, 7) is 6.38. The van der Waals surface area contributed by atoms with Gasteiger partial charge >= 0.3 is 0 Å². The highest BCUT2D eigenvalue weighted by Gasteiger charge is 2.10. The summed E-state index contributed by atoms with van der Waals surface area (Å²) in [7, 11) is 0. The maximum atomic E-state index is 5.97. The summed E-state index contributed by atoms with van der Waals surface area (Å²) < 4.78 is 10.7. The van der Waals surface area contributed by atoms with Crippen LogP contribution >= 0.6 is 0 Å². The third-order valence-corrected chi connectivity index (χ3v) is 3.09. The Balaban J connectivity index is 1.93. The molecule has 1 atom stereocenters. The van der Waals surface area contributed by atoms with Crippen LogP contribution in [0.25, 0.3) is 0 Å². The Kier molecular flexibility index (Phi) is 4.74. The second kappa shape index (κ2) is 6.52. The summed E-state index contributed by atoms with van der Waals surface area (Å²) in [5, 5.41) is 3.88. The van der Waals surface area contributed by atoms with Gasteiger partial charge in [0.2, 0.25) is 11.7 Å². The lowest BCUT2D eigenvalue weighted by Gasteiger charge is -2.10. The van der Waals surface area contributed by atoms with Crippen LogP contribution in [-0.2, 0) is 6.61 Å². The first-order valence-electron chi connectivity index (χ1n) is 6.91. The molecule has 20 heavy (non-hydrogen) atoms. The van der Waals surface area contributed by atoms with E-state index in [1.54, 1.807) is 0 Å². The summed E-state index contributed by atoms with van der Waals surface area (Å²) in [4.78, 5) is 4.26. The molecule has 1 aromatic carbocycles. The first-order chi connectivity index (χ1) is 9.60. The van der Waals surface area contributed by atoms with Crippen molar-refractivity contribution in [1.29, 1.82) is 0 Å². The zero-order chi connectivity index (χ0) is 14.5. The maximum absolute atomic E-state index is 5.97. The van der Waals surface area contributed by atoms with Crippen molar-refractivity contribution >= 4 is 0 Å². The third kappa shape index (κ3) is 3.57. The molecule has 0 aliphatic rings. The first-order valence-corrected chi connectivity index (χ1v) is 6.91. The fourth-order valence-corrected chi connectivity index (χ4v) is 1.76. The SMILES string of the molecule is CC[C@@H](N)c1ccc(OCc2noc(C(C)C)n2)cc1. The Labute approximate surface area is 119 Å². The number of hydrogen-bond acceptors (Lipinski definition) is 5. The topological polar surface area (TPSA) is 74.2 Å². The van der Waals surface area contributed by atoms with Crippen LogP contribution in [0.15, 0.2) is 28.8 Å². The molecule has 5 nitrogen and oxygen atoms in total. The molecule has 0 radical (unpaired) electrons. The van der Waals surface area contributed by atoms with Crippen molar-refractivity contribution in [2.45, 2.75) is 45.8 Å². The van der Waals surface area contributed by atoms with Gasteiger partial charge in [-0.3, -0.25) is 0 Å². The van der Waals surface area contributed by atoms with E-state index in [0.29, 0.717) is 18.3 Å². The Morgan fingerprint density at radius 2 is 1.95 bits per heavy atom. The van der Waals surface area contributed by atoms with Crippen LogP contribution in [0, 0.1) is 0 Å². The zero-order valence-electron chi connectivity index (χ0n) is 12.2. The van der Waals surface area contributed by atoms with Gasteiger partial charge in [-0.05, 0) is 24.1 Å². The summed E-state index contributed by atoms with van der Waals surface area (Å²) in [6.07, 6.45) is 0.918. The van der Waals surface area contributed by atoms with Crippen LogP contribution < -0.4 is 10.5 Å². The van der Waals surface area contributed by atoms with Crippen molar-refractivity contribution < 1.29 is 9.26 Å². The second-order valence-electron chi connectivity index (χ2n) is 5.08. The minimum absolute atomic E-state index is 0.0786. The Morgan fingerprint density at radius 3 is 2.50 bits per heavy atom. The van der Waals surface area contributed by atoms with Crippen molar-refractivity contribution in [1.82, 2.24) is 10.1 Å². The van der Waals surface area contributed by atoms with Gasteiger partial charge in [-0.25, -0.2) is 0 Å². The number of ether oxygens (including phenoxy) is 1. The molecule has 0 spiro atoms. The molecule has 0 amide bonds. The van der Waals surface area contributed by atoms with Gasteiger partial charge < -0.3 is 15.0 Å². The largest absolute Gasteiger partial charge is 0.485 e. The van der Waals surface area contributed by atoms with Crippen molar-refractivity contribution in [3.8, 4) is 5.75 Å². The first kappa shape index (κ1) is 14.5. The average Bonchev–Trinajstić information content (AvgIpc) is 2.94. The summed E-state index contributed by atoms with van der Waals surface area (Å²) in [5.74, 6) is 2.19. The number of benzene rings is 1. The van der Waals surface area contributed by atoms with E-state index < -0.39 is 0 Å². The minimum Gasteiger partial charge on any atom is -0.485 e. The quantitative estimate of drug-likeness (QED) is 0.876. The molecule has 1 heterocycles. The van der Waals surface area contributed by atoms with Gasteiger partial charge in [0.15, 0.2) is 6.61 Å². The van der Waals surface area contributed by atoms with Crippen LogP contribution in [0.3, 0.4) is 0 Å². The van der Waals surface area contributed by atoms with Gasteiger partial charge in [0, 0.05) is 12.0 Å². The fourth-order valence-electron chi connectivity index (χ4n) is 1.76. The number of rotatable bonds is 6. The van der Waals surface area contributed by atoms with Crippen molar-refractivity contribution in [3.05, 3.63) is 41.5 Å². The predicted molar refractivity (Wildman–Crippen MR) is 76.4 cm³/mol. The summed E-state index contributed by atoms with van der Waals surface area (Å²) in [5.41, 5.74) is 7.08. The zero-order valence-corrected chi connectivity index (χ0v) is 12.2. The molecule has 2 aromatic rings. The van der Waals surface area contributed by atoms with Crippen LogP contribution in [-0.4, -0.2) is 10.1 Å². The Hall–Kier alpha value is -1.88. The monoisotopic (exact) mass is 275 g/mol. The minimum atomic E-state index is 0.0786. The smallest absolute Gasteiger partial charge is 0.229 e. The van der Waals surface area contributed by atoms with E-state index >= 15 is 0 Å². The Morgan fingerprint density at radius 1 is 1.25 bits per heavy atom. The van der Waals surface area contributed by atoms with Gasteiger partial charge in [-0.1, -0.05) is 38.1 Å². The molecule has 0 fully saturated rings. The number of hydrogen-bond donors (Lipinski definition) is 1. The van der Waals surface area contributed by atoms with E-state index in [-0.39, 0.29) is 12.0 Å². The van der Waals surface area contributed by atoms with Gasteiger partial charge in [-0.2, -0.15) is 4.98 Å². The highest BCUT2D eigenvalue weighted by atomic mass is 16.5. The lowest BCUT2D eigenvalue weighted by Crippen LogP contribution is -2.08. The molecular formula is C15H21N3O2. The fraction of sp³-hybridized carbons (Fsp3) is 0.467. The molecule has 1 aromatic heterocycles. The van der Waals surface area contributed by atoms with Gasteiger partial charge in [-0.15, -0.1) is 0 Å². The van der Waals surface area contributed by atoms with E-state index in [1.165, 1.54) is 0 Å². The van der Waals surface area contributed by atoms with Gasteiger partial charge in [0.05, 0.1) is 0 Å². The van der Waals surface area contributed by atoms with Crippen LogP contribution in [0.5, 0.6) is 5.75 Å². The van der Waals surface area contributed by atoms with E-state index in [2.05, 4.69) is 17.1 Å². The van der Waals surface area contributed by atoms with Gasteiger partial charge in [0.1, 0.15) is 5.75 Å². The molecule has 0 saturated carbocycles. The lowest BCUT2D eigenvalue weighted by molar-refractivity contribution is 0.284. The third-order valence-electron chi connectivity index (χ3n) is 3.09. The number of aromatic nitrogens is 2. The molecule has 0 unspecified atom stereocenters. The highest BCUT2D eigenvalue weighted by Crippen LogP contribution is 2.19. The summed E-state index contributed by atoms with van der Waals surface area (Å²) >= 11 is 0. The molecule has 5 heteroatoms. The molecular weight excluding hydrogens is 254 g/mol. The molecule has 0 aliphatic heterocycles. The second-order valence-corrected chi connectivity index (χ2v) is 5.08. The van der Waals surface area contributed by atoms with Crippen molar-refractivity contribution in [2.75, 3.05) is 0 Å². The predicted octanol–water partition coefficient (Wildman–Crippen LogP) is 3.18. The average molecular weight is 275 g/mol. The Bertz CT molecular complexity index is 534. The normalized spacial score (nSPS) is 12.7. The van der Waals surface area contributed by atoms with Crippen LogP contribution in [0.2, 0.25) is 0 Å². The maximum Gasteiger partial charge on any atom is 0.229 e. The molecule has 0 saturated heterocycles. The molecule has 108 valence electrons. The van der Waals surface area contributed by atoms with Gasteiger partial charge in [0.25, 0.3) is 0 Å². The molecule has 0 bridgehead atoms. The van der Waals surface area contributed by atoms with E-state index in [9.17, 15) is 0 Å². The number of nitrogens with zero attached hydrogens (tertiary/aromatic N) is 2. The van der Waals surface area contributed by atoms with Crippen molar-refractivity contribution in [3.63, 3.8) is 0 Å². The van der Waals surface area contributed by atoms with E-state index in [0.717, 1.165) is 17.7 Å². The lowest BCUT2D eigenvalue weighted by atomic mass is 10.1.